The van der Waals surface area contributed by atoms with Gasteiger partial charge in [-0.2, -0.15) is 13.2 Å². The molecule has 13 nitrogen and oxygen atoms in total. The molecule has 4 heterocycles. The van der Waals surface area contributed by atoms with E-state index in [0.717, 1.165) is 5.56 Å². The number of hydrogen-bond donors (Lipinski definition) is 3. The average Bonchev–Trinajstić information content (AvgIpc) is 3.31. The summed E-state index contributed by atoms with van der Waals surface area (Å²) in [5.74, 6) is -2.79. The Morgan fingerprint density at radius 1 is 1.00 bits per heavy atom. The highest BCUT2D eigenvalue weighted by Crippen LogP contribution is 2.38. The molecule has 2 atom stereocenters. The molecule has 3 aromatic heterocycles. The first kappa shape index (κ1) is 37.2. The summed E-state index contributed by atoms with van der Waals surface area (Å²) in [5, 5.41) is 7.76. The zero-order valence-corrected chi connectivity index (χ0v) is 28.6. The molecule has 4 rings (SSSR count). The molecule has 1 unspecified atom stereocenters. The lowest BCUT2D eigenvalue weighted by molar-refractivity contribution is -0.177. The van der Waals surface area contributed by atoms with Gasteiger partial charge in [-0.3, -0.25) is 20.1 Å². The van der Waals surface area contributed by atoms with Crippen molar-refractivity contribution in [2.24, 2.45) is 5.92 Å². The minimum atomic E-state index is -4.56. The van der Waals surface area contributed by atoms with Crippen molar-refractivity contribution >= 4 is 46.5 Å². The third-order valence-electron chi connectivity index (χ3n) is 7.26. The van der Waals surface area contributed by atoms with E-state index in [1.54, 1.807) is 60.9 Å². The molecule has 3 N–H and O–H groups in total. The first-order valence-electron chi connectivity index (χ1n) is 15.8. The maximum absolute atomic E-state index is 14.1. The normalized spacial score (nSPS) is 17.1. The molecule has 49 heavy (non-hydrogen) atoms. The number of amides is 3. The number of carbonyl (C=O) groups excluding carboxylic acids is 3. The van der Waals surface area contributed by atoms with Crippen LogP contribution >= 0.6 is 0 Å². The van der Waals surface area contributed by atoms with Crippen LogP contribution < -0.4 is 20.9 Å². The Bertz CT molecular complexity index is 1650. The minimum Gasteiger partial charge on any atom is -0.444 e. The number of nitrogens with zero attached hydrogens (tertiary/aromatic N) is 3. The quantitative estimate of drug-likeness (QED) is 0.207. The maximum Gasteiger partial charge on any atom is 0.414 e. The second-order valence-corrected chi connectivity index (χ2v) is 13.8. The van der Waals surface area contributed by atoms with Gasteiger partial charge >= 0.3 is 18.4 Å². The van der Waals surface area contributed by atoms with Crippen LogP contribution in [0, 0.1) is 5.92 Å². The number of aromatic nitrogens is 2. The van der Waals surface area contributed by atoms with Crippen molar-refractivity contribution in [3.63, 3.8) is 0 Å². The molecule has 1 aliphatic heterocycles. The molecule has 1 aliphatic rings. The number of alkyl halides is 3. The highest BCUT2D eigenvalue weighted by atomic mass is 19.4. The van der Waals surface area contributed by atoms with Crippen molar-refractivity contribution in [1.82, 2.24) is 15.3 Å². The molecule has 0 saturated carbocycles. The zero-order valence-electron chi connectivity index (χ0n) is 28.6. The van der Waals surface area contributed by atoms with E-state index < -0.39 is 54.0 Å². The van der Waals surface area contributed by atoms with Gasteiger partial charge in [-0.15, -0.1) is 0 Å². The van der Waals surface area contributed by atoms with Crippen molar-refractivity contribution < 1.29 is 46.2 Å². The fourth-order valence-corrected chi connectivity index (χ4v) is 5.33. The molecule has 16 heteroatoms. The van der Waals surface area contributed by atoms with E-state index in [9.17, 15) is 27.6 Å². The second kappa shape index (κ2) is 14.9. The lowest BCUT2D eigenvalue weighted by Gasteiger charge is -2.40. The summed E-state index contributed by atoms with van der Waals surface area (Å²) in [6.07, 6.45) is -1.04. The van der Waals surface area contributed by atoms with E-state index in [0.29, 0.717) is 19.4 Å². The van der Waals surface area contributed by atoms with Crippen LogP contribution in [0.5, 0.6) is 0 Å². The zero-order chi connectivity index (χ0) is 36.1. The van der Waals surface area contributed by atoms with Crippen LogP contribution in [-0.4, -0.2) is 78.3 Å². The van der Waals surface area contributed by atoms with Gasteiger partial charge in [0.15, 0.2) is 5.58 Å². The first-order valence-corrected chi connectivity index (χ1v) is 15.8. The fraction of sp³-hybridized carbons (Fsp3) is 0.545. The van der Waals surface area contributed by atoms with Crippen LogP contribution in [-0.2, 0) is 20.6 Å². The van der Waals surface area contributed by atoms with Gasteiger partial charge in [-0.05, 0) is 78.5 Å². The average molecular weight is 693 g/mol. The van der Waals surface area contributed by atoms with Crippen LogP contribution in [0.15, 0.2) is 35.1 Å². The number of furan rings is 1. The van der Waals surface area contributed by atoms with Crippen molar-refractivity contribution in [2.45, 2.75) is 84.2 Å². The van der Waals surface area contributed by atoms with Gasteiger partial charge in [0.2, 0.25) is 5.88 Å². The molecule has 3 amide bonds. The fourth-order valence-electron chi connectivity index (χ4n) is 5.33. The van der Waals surface area contributed by atoms with Crippen LogP contribution in [0.4, 0.5) is 40.0 Å². The van der Waals surface area contributed by atoms with E-state index in [-0.39, 0.29) is 46.9 Å². The number of nitrogens with one attached hydrogen (secondary N) is 3. The van der Waals surface area contributed by atoms with Gasteiger partial charge in [0.05, 0.1) is 29.5 Å². The number of ether oxygens (including phenoxy) is 3. The number of halogens is 3. The van der Waals surface area contributed by atoms with Gasteiger partial charge in [0, 0.05) is 39.2 Å². The number of carbonyl (C=O) groups is 3. The Labute approximate surface area is 282 Å². The van der Waals surface area contributed by atoms with Crippen LogP contribution in [0.3, 0.4) is 0 Å². The van der Waals surface area contributed by atoms with Gasteiger partial charge in [-0.1, -0.05) is 0 Å². The molecular formula is C33H43F3N6O7. The van der Waals surface area contributed by atoms with Gasteiger partial charge < -0.3 is 34.2 Å². The van der Waals surface area contributed by atoms with E-state index >= 15 is 0 Å². The molecule has 0 aliphatic carbocycles. The lowest BCUT2D eigenvalue weighted by Crippen LogP contribution is -2.54. The summed E-state index contributed by atoms with van der Waals surface area (Å²) in [6, 6.07) is 2.25. The third kappa shape index (κ3) is 10.4. The predicted octanol–water partition coefficient (Wildman–Crippen LogP) is 6.68. The van der Waals surface area contributed by atoms with Crippen molar-refractivity contribution in [3.05, 3.63) is 41.9 Å². The number of aryl methyl sites for hydroxylation is 1. The Kier molecular flexibility index (Phi) is 11.3. The molecule has 3 aromatic rings. The molecule has 268 valence electrons. The SMILES string of the molecule is COCCCc1cnc2c(C(=O)Nc3cnccc3N3CC(NC(=O)OC(C)(C)C)C[C@@H](C(F)(F)F)C3)c(NC(=O)OC(C)(C)C)oc2c1. The second-order valence-electron chi connectivity index (χ2n) is 13.8. The summed E-state index contributed by atoms with van der Waals surface area (Å²) in [4.78, 5) is 49.1. The van der Waals surface area contributed by atoms with E-state index in [2.05, 4.69) is 25.9 Å². The first-order chi connectivity index (χ1) is 22.8. The summed E-state index contributed by atoms with van der Waals surface area (Å²) < 4.78 is 64.0. The van der Waals surface area contributed by atoms with E-state index in [1.165, 1.54) is 23.4 Å². The third-order valence-corrected chi connectivity index (χ3v) is 7.26. The standard InChI is InChI=1S/C33H43F3N6O7/c1-31(2,3)48-29(44)39-21-14-20(33(34,35)36)17-42(18-21)23-10-11-37-16-22(23)40-27(43)25-26-24(13-19(15-38-26)9-8-12-46-7)47-28(25)41-30(45)49-32(4,5)6/h10-11,13,15-16,20-21H,8-9,12,14,17-18H2,1-7H3,(H,39,44)(H,40,43)(H,41,45)/t20-,21?/m1/s1. The minimum absolute atomic E-state index is 0.00774. The number of hydrogen-bond acceptors (Lipinski definition) is 10. The molecule has 1 saturated heterocycles. The number of piperidine rings is 1. The molecule has 0 aromatic carbocycles. The van der Waals surface area contributed by atoms with Crippen molar-refractivity contribution in [1.29, 1.82) is 0 Å². The lowest BCUT2D eigenvalue weighted by atomic mass is 9.93. The molecule has 0 radical (unpaired) electrons. The number of alkyl carbamates (subject to hydrolysis) is 1. The topological polar surface area (TPSA) is 157 Å². The van der Waals surface area contributed by atoms with Gasteiger partial charge in [0.1, 0.15) is 22.3 Å². The Morgan fingerprint density at radius 2 is 1.69 bits per heavy atom. The summed E-state index contributed by atoms with van der Waals surface area (Å²) in [5.41, 5.74) is -0.346. The Balaban J connectivity index is 1.66. The summed E-state index contributed by atoms with van der Waals surface area (Å²) in [6.45, 7) is 10.1. The number of anilines is 3. The molecular weight excluding hydrogens is 649 g/mol. The molecule has 0 bridgehead atoms. The molecule has 1 fully saturated rings. The Morgan fingerprint density at radius 3 is 2.35 bits per heavy atom. The van der Waals surface area contributed by atoms with Gasteiger partial charge in [0.25, 0.3) is 5.91 Å². The highest BCUT2D eigenvalue weighted by molar-refractivity contribution is 6.16. The van der Waals surface area contributed by atoms with Crippen LogP contribution in [0.2, 0.25) is 0 Å². The smallest absolute Gasteiger partial charge is 0.414 e. The Hall–Kier alpha value is -4.60. The highest BCUT2D eigenvalue weighted by Gasteiger charge is 2.45. The van der Waals surface area contributed by atoms with E-state index in [1.807, 2.05) is 0 Å². The van der Waals surface area contributed by atoms with Crippen LogP contribution in [0.1, 0.15) is 70.3 Å². The number of pyridine rings is 2. The van der Waals surface area contributed by atoms with Gasteiger partial charge in [-0.25, -0.2) is 9.59 Å². The number of methoxy groups -OCH3 is 1. The van der Waals surface area contributed by atoms with Crippen molar-refractivity contribution in [3.8, 4) is 0 Å². The molecule has 0 spiro atoms. The summed E-state index contributed by atoms with van der Waals surface area (Å²) in [7, 11) is 1.60. The number of rotatable bonds is 9. The maximum atomic E-state index is 14.1. The largest absolute Gasteiger partial charge is 0.444 e. The number of fused-ring (bicyclic) bond motifs is 1. The van der Waals surface area contributed by atoms with Crippen molar-refractivity contribution in [2.75, 3.05) is 42.3 Å². The summed E-state index contributed by atoms with van der Waals surface area (Å²) >= 11 is 0. The monoisotopic (exact) mass is 692 g/mol. The predicted molar refractivity (Wildman–Crippen MR) is 176 cm³/mol. The van der Waals surface area contributed by atoms with E-state index in [4.69, 9.17) is 18.6 Å². The van der Waals surface area contributed by atoms with Crippen LogP contribution in [0.25, 0.3) is 11.1 Å².